The number of rotatable bonds is 8. The molecule has 8 heteroatoms. The number of hydrogen-bond donors (Lipinski definition) is 2. The van der Waals surface area contributed by atoms with Gasteiger partial charge in [-0.05, 0) is 73.8 Å². The summed E-state index contributed by atoms with van der Waals surface area (Å²) in [5.41, 5.74) is 3.07. The van der Waals surface area contributed by atoms with Crippen LogP contribution in [0, 0.1) is 11.3 Å². The molecular formula is C31H39N3O5. The largest absolute Gasteiger partial charge is 0.481 e. The van der Waals surface area contributed by atoms with E-state index >= 15 is 0 Å². The van der Waals surface area contributed by atoms with E-state index in [-0.39, 0.29) is 42.2 Å². The zero-order valence-electron chi connectivity index (χ0n) is 23.3. The first-order chi connectivity index (χ1) is 18.5. The number of aliphatic imine (C=N–C) groups is 1. The highest BCUT2D eigenvalue weighted by molar-refractivity contribution is 5.95. The molecule has 0 radical (unpaired) electrons. The van der Waals surface area contributed by atoms with Crippen molar-refractivity contribution in [1.29, 1.82) is 0 Å². The molecule has 1 amide bonds. The summed E-state index contributed by atoms with van der Waals surface area (Å²) in [6.45, 7) is 9.01. The highest BCUT2D eigenvalue weighted by Gasteiger charge is 2.40. The summed E-state index contributed by atoms with van der Waals surface area (Å²) in [7, 11) is 0. The molecule has 208 valence electrons. The van der Waals surface area contributed by atoms with E-state index < -0.39 is 5.97 Å². The van der Waals surface area contributed by atoms with Crippen LogP contribution in [0.1, 0.15) is 92.1 Å². The molecule has 0 spiro atoms. The van der Waals surface area contributed by atoms with E-state index in [1.54, 1.807) is 31.2 Å². The molecule has 1 aliphatic heterocycles. The fraction of sp³-hybridized carbons (Fsp3) is 0.484. The molecule has 39 heavy (non-hydrogen) atoms. The van der Waals surface area contributed by atoms with Crippen LogP contribution in [0.5, 0.6) is 0 Å². The van der Waals surface area contributed by atoms with Gasteiger partial charge >= 0.3 is 5.97 Å². The molecule has 1 unspecified atom stereocenters. The number of amidine groups is 1. The van der Waals surface area contributed by atoms with Crippen molar-refractivity contribution in [3.63, 3.8) is 0 Å². The monoisotopic (exact) mass is 533 g/mol. The van der Waals surface area contributed by atoms with Gasteiger partial charge in [-0.25, -0.2) is 0 Å². The Labute approximate surface area is 230 Å². The Balaban J connectivity index is 1.58. The Hall–Kier alpha value is -3.68. The second kappa shape index (κ2) is 12.0. The van der Waals surface area contributed by atoms with Crippen LogP contribution in [0.4, 0.5) is 5.69 Å². The fourth-order valence-corrected chi connectivity index (χ4v) is 5.57. The van der Waals surface area contributed by atoms with Crippen molar-refractivity contribution in [3.05, 3.63) is 65.2 Å². The number of hydrogen-bond acceptors (Lipinski definition) is 5. The van der Waals surface area contributed by atoms with E-state index in [0.29, 0.717) is 35.4 Å². The smallest absolute Gasteiger partial charge is 0.305 e. The molecule has 0 bridgehead atoms. The van der Waals surface area contributed by atoms with Crippen molar-refractivity contribution in [2.45, 2.75) is 71.9 Å². The molecule has 2 fully saturated rings. The van der Waals surface area contributed by atoms with Gasteiger partial charge < -0.3 is 20.1 Å². The Morgan fingerprint density at radius 2 is 1.72 bits per heavy atom. The molecule has 1 saturated carbocycles. The number of benzene rings is 2. The lowest BCUT2D eigenvalue weighted by Gasteiger charge is -2.41. The first-order valence-corrected chi connectivity index (χ1v) is 13.7. The first-order valence-electron chi connectivity index (χ1n) is 13.7. The zero-order valence-corrected chi connectivity index (χ0v) is 23.3. The molecule has 2 aliphatic rings. The Morgan fingerprint density at radius 1 is 1.03 bits per heavy atom. The number of aliphatic carboxylic acids is 1. The number of carbonyl (C=O) groups is 3. The third-order valence-corrected chi connectivity index (χ3v) is 7.90. The minimum atomic E-state index is -0.950. The Kier molecular flexibility index (Phi) is 8.73. The number of ether oxygens (including phenoxy) is 1. The lowest BCUT2D eigenvalue weighted by Crippen LogP contribution is -2.42. The molecule has 4 rings (SSSR count). The molecular weight excluding hydrogens is 494 g/mol. The summed E-state index contributed by atoms with van der Waals surface area (Å²) in [5.74, 6) is -0.585. The van der Waals surface area contributed by atoms with Gasteiger partial charge in [-0.2, -0.15) is 4.99 Å². The summed E-state index contributed by atoms with van der Waals surface area (Å²) in [6, 6.07) is 15.5. The molecule has 1 saturated heterocycles. The number of Topliss-reactive ketones (excluding diaryl/α,β-unsaturated/α-hetero) is 1. The van der Waals surface area contributed by atoms with Crippen LogP contribution in [0.2, 0.25) is 0 Å². The summed E-state index contributed by atoms with van der Waals surface area (Å²) in [4.78, 5) is 42.2. The first kappa shape index (κ1) is 28.3. The number of amides is 1. The maximum absolute atomic E-state index is 12.4. The predicted molar refractivity (Wildman–Crippen MR) is 150 cm³/mol. The van der Waals surface area contributed by atoms with Crippen molar-refractivity contribution in [2.75, 3.05) is 13.2 Å². The van der Waals surface area contributed by atoms with E-state index in [1.807, 2.05) is 24.3 Å². The van der Waals surface area contributed by atoms with Gasteiger partial charge in [-0.3, -0.25) is 14.4 Å². The van der Waals surface area contributed by atoms with Gasteiger partial charge in [0.05, 0.1) is 18.2 Å². The number of carboxylic acid groups (broad SMARTS) is 1. The molecule has 0 aromatic heterocycles. The molecule has 1 heterocycles. The van der Waals surface area contributed by atoms with Crippen molar-refractivity contribution in [3.8, 4) is 0 Å². The predicted octanol–water partition coefficient (Wildman–Crippen LogP) is 5.76. The van der Waals surface area contributed by atoms with Crippen molar-refractivity contribution >= 4 is 29.4 Å². The van der Waals surface area contributed by atoms with Crippen LogP contribution in [-0.4, -0.2) is 52.9 Å². The second-order valence-electron chi connectivity index (χ2n) is 11.6. The summed E-state index contributed by atoms with van der Waals surface area (Å²) < 4.78 is 6.19. The topological polar surface area (TPSA) is 108 Å². The number of carboxylic acids is 1. The summed E-state index contributed by atoms with van der Waals surface area (Å²) in [6.07, 6.45) is 4.24. The normalized spacial score (nSPS) is 22.4. The molecule has 2 aromatic rings. The van der Waals surface area contributed by atoms with Crippen molar-refractivity contribution in [1.82, 2.24) is 10.2 Å². The van der Waals surface area contributed by atoms with Gasteiger partial charge in [0, 0.05) is 23.7 Å². The number of ketones is 1. The maximum Gasteiger partial charge on any atom is 0.305 e. The number of nitrogens with zero attached hydrogens (tertiary/aromatic N) is 2. The lowest BCUT2D eigenvalue weighted by atomic mass is 9.71. The van der Waals surface area contributed by atoms with Crippen LogP contribution >= 0.6 is 0 Å². The van der Waals surface area contributed by atoms with Gasteiger partial charge in [0.25, 0.3) is 11.9 Å². The highest BCUT2D eigenvalue weighted by Crippen LogP contribution is 2.42. The number of nitrogens with one attached hydrogen (secondary N) is 1. The maximum atomic E-state index is 12.4. The van der Waals surface area contributed by atoms with E-state index in [2.05, 4.69) is 31.0 Å². The zero-order chi connectivity index (χ0) is 28.2. The third-order valence-electron chi connectivity index (χ3n) is 7.90. The van der Waals surface area contributed by atoms with Gasteiger partial charge in [-0.1, -0.05) is 45.0 Å². The van der Waals surface area contributed by atoms with Crippen LogP contribution in [0.25, 0.3) is 0 Å². The van der Waals surface area contributed by atoms with E-state index in [9.17, 15) is 14.4 Å². The average molecular weight is 534 g/mol. The quantitative estimate of drug-likeness (QED) is 0.418. The minimum Gasteiger partial charge on any atom is -0.481 e. The minimum absolute atomic E-state index is 0.00767. The molecule has 1 aliphatic carbocycles. The highest BCUT2D eigenvalue weighted by atomic mass is 16.5. The lowest BCUT2D eigenvalue weighted by molar-refractivity contribution is -0.136. The third kappa shape index (κ3) is 7.05. The van der Waals surface area contributed by atoms with Crippen molar-refractivity contribution in [2.24, 2.45) is 16.3 Å². The summed E-state index contributed by atoms with van der Waals surface area (Å²) in [5, 5.41) is 11.4. The van der Waals surface area contributed by atoms with Crippen molar-refractivity contribution < 1.29 is 24.2 Å². The standard InChI is InChI=1S/C31H39N3O5/c1-20(35)23-6-5-7-25(18-23)33-30-34(26-14-12-24(13-15-26)31(2,3)4)27(19-39-30)21-8-10-22(11-9-21)29(38)32-17-16-28(36)37/h5-11,18,24,26-27H,12-17,19H2,1-4H3,(H,32,38)(H,36,37). The van der Waals surface area contributed by atoms with Crippen LogP contribution in [0.3, 0.4) is 0 Å². The van der Waals surface area contributed by atoms with Gasteiger partial charge in [0.2, 0.25) is 0 Å². The van der Waals surface area contributed by atoms with E-state index in [0.717, 1.165) is 31.2 Å². The molecule has 1 atom stereocenters. The van der Waals surface area contributed by atoms with Gasteiger partial charge in [-0.15, -0.1) is 0 Å². The van der Waals surface area contributed by atoms with E-state index in [1.165, 1.54) is 0 Å². The summed E-state index contributed by atoms with van der Waals surface area (Å²) >= 11 is 0. The fourth-order valence-electron chi connectivity index (χ4n) is 5.57. The second-order valence-corrected chi connectivity index (χ2v) is 11.6. The molecule has 8 nitrogen and oxygen atoms in total. The van der Waals surface area contributed by atoms with E-state index in [4.69, 9.17) is 14.8 Å². The SMILES string of the molecule is CC(=O)c1cccc(N=C2OCC(c3ccc(C(=O)NCCC(=O)O)cc3)N2C2CCC(C(C)(C)C)CC2)c1. The number of carbonyl (C=O) groups excluding carboxylic acids is 2. The average Bonchev–Trinajstić information content (AvgIpc) is 3.31. The van der Waals surface area contributed by atoms with Gasteiger partial charge in [0.1, 0.15) is 6.61 Å². The van der Waals surface area contributed by atoms with Crippen LogP contribution in [-0.2, 0) is 9.53 Å². The Morgan fingerprint density at radius 3 is 2.33 bits per heavy atom. The van der Waals surface area contributed by atoms with Gasteiger partial charge in [0.15, 0.2) is 5.78 Å². The van der Waals surface area contributed by atoms with Crippen LogP contribution < -0.4 is 5.32 Å². The molecule has 2 aromatic carbocycles. The van der Waals surface area contributed by atoms with Crippen LogP contribution in [0.15, 0.2) is 53.5 Å². The molecule has 2 N–H and O–H groups in total. The Bertz CT molecular complexity index is 1220.